The van der Waals surface area contributed by atoms with Gasteiger partial charge in [0.2, 0.25) is 10.0 Å². The lowest BCUT2D eigenvalue weighted by atomic mass is 10.3. The lowest BCUT2D eigenvalue weighted by Gasteiger charge is -2.15. The SMILES string of the molecule is COc1c(N)cc(S(=O)(=O)NC(C)CCS(C)=O)cc1F. The topological polar surface area (TPSA) is 98.5 Å². The van der Waals surface area contributed by atoms with Crippen molar-refractivity contribution in [3.8, 4) is 5.75 Å². The monoisotopic (exact) mass is 338 g/mol. The fraction of sp³-hybridized carbons (Fsp3) is 0.500. The van der Waals surface area contributed by atoms with Gasteiger partial charge in [0.25, 0.3) is 0 Å². The van der Waals surface area contributed by atoms with Gasteiger partial charge in [-0.2, -0.15) is 0 Å². The van der Waals surface area contributed by atoms with Crippen LogP contribution in [0.15, 0.2) is 17.0 Å². The number of halogens is 1. The van der Waals surface area contributed by atoms with Crippen molar-refractivity contribution in [1.82, 2.24) is 4.72 Å². The van der Waals surface area contributed by atoms with Gasteiger partial charge in [-0.1, -0.05) is 0 Å². The average Bonchev–Trinajstić information content (AvgIpc) is 2.35. The van der Waals surface area contributed by atoms with Gasteiger partial charge in [-0.05, 0) is 25.5 Å². The van der Waals surface area contributed by atoms with E-state index in [1.54, 1.807) is 13.2 Å². The molecule has 0 aromatic heterocycles. The second-order valence-corrected chi connectivity index (χ2v) is 7.88. The fourth-order valence-electron chi connectivity index (χ4n) is 1.69. The number of ether oxygens (including phenoxy) is 1. The second kappa shape index (κ2) is 7.19. The molecule has 2 unspecified atom stereocenters. The molecule has 2 atom stereocenters. The first-order valence-electron chi connectivity index (χ1n) is 6.12. The molecule has 0 radical (unpaired) electrons. The minimum absolute atomic E-state index is 0.0970. The Hall–Kier alpha value is -1.19. The summed E-state index contributed by atoms with van der Waals surface area (Å²) in [7, 11) is -3.66. The number of hydrogen-bond donors (Lipinski definition) is 2. The maximum atomic E-state index is 13.7. The van der Waals surface area contributed by atoms with Gasteiger partial charge in [0.1, 0.15) is 0 Å². The third kappa shape index (κ3) is 4.94. The molecule has 0 aliphatic rings. The molecule has 0 saturated heterocycles. The summed E-state index contributed by atoms with van der Waals surface area (Å²) < 4.78 is 56.1. The number of rotatable bonds is 7. The second-order valence-electron chi connectivity index (χ2n) is 4.62. The summed E-state index contributed by atoms with van der Waals surface area (Å²) in [5.74, 6) is -0.661. The molecule has 120 valence electrons. The predicted octanol–water partition coefficient (Wildman–Crippen LogP) is 0.852. The van der Waals surface area contributed by atoms with Crippen molar-refractivity contribution in [2.24, 2.45) is 0 Å². The summed E-state index contributed by atoms with van der Waals surface area (Å²) in [5.41, 5.74) is 5.46. The number of sulfonamides is 1. The molecule has 3 N–H and O–H groups in total. The van der Waals surface area contributed by atoms with Crippen molar-refractivity contribution in [2.45, 2.75) is 24.3 Å². The Morgan fingerprint density at radius 2 is 2.10 bits per heavy atom. The van der Waals surface area contributed by atoms with Gasteiger partial charge in [-0.25, -0.2) is 17.5 Å². The molecule has 0 fully saturated rings. The summed E-state index contributed by atoms with van der Waals surface area (Å²) in [6.07, 6.45) is 1.96. The highest BCUT2D eigenvalue weighted by molar-refractivity contribution is 7.89. The highest BCUT2D eigenvalue weighted by Gasteiger charge is 2.21. The van der Waals surface area contributed by atoms with Gasteiger partial charge in [0, 0.05) is 28.9 Å². The van der Waals surface area contributed by atoms with Gasteiger partial charge >= 0.3 is 0 Å². The third-order valence-corrected chi connectivity index (χ3v) is 5.13. The molecule has 21 heavy (non-hydrogen) atoms. The molecular weight excluding hydrogens is 319 g/mol. The van der Waals surface area contributed by atoms with Crippen molar-refractivity contribution in [3.63, 3.8) is 0 Å². The molecule has 0 bridgehead atoms. The van der Waals surface area contributed by atoms with Crippen LogP contribution in [0.5, 0.6) is 5.75 Å². The van der Waals surface area contributed by atoms with E-state index in [9.17, 15) is 17.0 Å². The zero-order valence-corrected chi connectivity index (χ0v) is 13.7. The van der Waals surface area contributed by atoms with E-state index in [4.69, 9.17) is 10.5 Å². The molecule has 0 aliphatic carbocycles. The van der Waals surface area contributed by atoms with E-state index < -0.39 is 32.7 Å². The van der Waals surface area contributed by atoms with E-state index in [-0.39, 0.29) is 16.3 Å². The molecule has 1 rings (SSSR count). The van der Waals surface area contributed by atoms with Crippen molar-refractivity contribution >= 4 is 26.5 Å². The van der Waals surface area contributed by atoms with Gasteiger partial charge in [0.05, 0.1) is 17.7 Å². The maximum absolute atomic E-state index is 13.7. The first-order valence-corrected chi connectivity index (χ1v) is 9.33. The molecule has 9 heteroatoms. The van der Waals surface area contributed by atoms with Crippen LogP contribution >= 0.6 is 0 Å². The minimum Gasteiger partial charge on any atom is -0.492 e. The molecule has 0 saturated carbocycles. The average molecular weight is 338 g/mol. The molecular formula is C12H19FN2O4S2. The first kappa shape index (κ1) is 17.9. The molecule has 6 nitrogen and oxygen atoms in total. The number of benzene rings is 1. The highest BCUT2D eigenvalue weighted by atomic mass is 32.2. The zero-order chi connectivity index (χ0) is 16.2. The van der Waals surface area contributed by atoms with Crippen LogP contribution in [-0.4, -0.2) is 37.8 Å². The van der Waals surface area contributed by atoms with Gasteiger partial charge in [-0.3, -0.25) is 4.21 Å². The van der Waals surface area contributed by atoms with Gasteiger partial charge in [0.15, 0.2) is 11.6 Å². The number of anilines is 1. The lowest BCUT2D eigenvalue weighted by Crippen LogP contribution is -2.33. The van der Waals surface area contributed by atoms with E-state index in [0.29, 0.717) is 12.2 Å². The molecule has 0 heterocycles. The van der Waals surface area contributed by atoms with Crippen molar-refractivity contribution in [1.29, 1.82) is 0 Å². The maximum Gasteiger partial charge on any atom is 0.240 e. The fourth-order valence-corrected chi connectivity index (χ4v) is 3.70. The van der Waals surface area contributed by atoms with E-state index in [1.807, 2.05) is 0 Å². The summed E-state index contributed by atoms with van der Waals surface area (Å²) in [5, 5.41) is 0. The Kier molecular flexibility index (Phi) is 6.11. The zero-order valence-electron chi connectivity index (χ0n) is 12.1. The van der Waals surface area contributed by atoms with E-state index in [0.717, 1.165) is 12.1 Å². The van der Waals surface area contributed by atoms with E-state index in [1.165, 1.54) is 7.11 Å². The minimum atomic E-state index is -3.90. The van der Waals surface area contributed by atoms with Crippen LogP contribution in [-0.2, 0) is 20.8 Å². The van der Waals surface area contributed by atoms with Crippen LogP contribution < -0.4 is 15.2 Å². The van der Waals surface area contributed by atoms with E-state index in [2.05, 4.69) is 4.72 Å². The Morgan fingerprint density at radius 3 is 2.57 bits per heavy atom. The van der Waals surface area contributed by atoms with Gasteiger partial charge < -0.3 is 10.5 Å². The third-order valence-electron chi connectivity index (χ3n) is 2.75. The Labute approximate surface area is 126 Å². The lowest BCUT2D eigenvalue weighted by molar-refractivity contribution is 0.388. The molecule has 1 aromatic carbocycles. The van der Waals surface area contributed by atoms with Crippen LogP contribution in [0.1, 0.15) is 13.3 Å². The molecule has 0 amide bonds. The van der Waals surface area contributed by atoms with Crippen LogP contribution in [0.25, 0.3) is 0 Å². The van der Waals surface area contributed by atoms with E-state index >= 15 is 0 Å². The Bertz CT molecular complexity index is 611. The smallest absolute Gasteiger partial charge is 0.240 e. The molecule has 0 aliphatic heterocycles. The summed E-state index contributed by atoms with van der Waals surface area (Å²) in [6.45, 7) is 1.65. The summed E-state index contributed by atoms with van der Waals surface area (Å²) in [4.78, 5) is -0.275. The molecule has 1 aromatic rings. The van der Waals surface area contributed by atoms with Crippen LogP contribution in [0.4, 0.5) is 10.1 Å². The Balaban J connectivity index is 2.95. The van der Waals surface area contributed by atoms with Crippen LogP contribution in [0.2, 0.25) is 0 Å². The predicted molar refractivity (Wildman–Crippen MR) is 80.7 cm³/mol. The number of nitrogens with one attached hydrogen (secondary N) is 1. The van der Waals surface area contributed by atoms with Gasteiger partial charge in [-0.15, -0.1) is 0 Å². The number of hydrogen-bond acceptors (Lipinski definition) is 5. The number of nitrogens with two attached hydrogens (primary N) is 1. The quantitative estimate of drug-likeness (QED) is 0.718. The Morgan fingerprint density at radius 1 is 1.48 bits per heavy atom. The van der Waals surface area contributed by atoms with Crippen molar-refractivity contribution in [2.75, 3.05) is 24.9 Å². The summed E-state index contributed by atoms with van der Waals surface area (Å²) >= 11 is 0. The van der Waals surface area contributed by atoms with Crippen LogP contribution in [0, 0.1) is 5.82 Å². The van der Waals surface area contributed by atoms with Crippen molar-refractivity contribution in [3.05, 3.63) is 17.9 Å². The number of methoxy groups -OCH3 is 1. The van der Waals surface area contributed by atoms with Crippen LogP contribution in [0.3, 0.4) is 0 Å². The normalized spacial score (nSPS) is 14.7. The highest BCUT2D eigenvalue weighted by Crippen LogP contribution is 2.28. The summed E-state index contributed by atoms with van der Waals surface area (Å²) in [6, 6.07) is 1.56. The first-order chi connectivity index (χ1) is 9.67. The largest absolute Gasteiger partial charge is 0.492 e. The molecule has 0 spiro atoms. The van der Waals surface area contributed by atoms with Crippen molar-refractivity contribution < 1.29 is 21.8 Å². The standard InChI is InChI=1S/C12H19FN2O4S2/c1-8(4-5-20(3)16)15-21(17,18)9-6-10(13)12(19-2)11(14)7-9/h6-8,15H,4-5,14H2,1-3H3. The number of nitrogen functional groups attached to an aromatic ring is 1.